The van der Waals surface area contributed by atoms with Gasteiger partial charge >= 0.3 is 0 Å². The molecule has 146 valence electrons. The first-order chi connectivity index (χ1) is 13.0. The van der Waals surface area contributed by atoms with Crippen LogP contribution in [-0.2, 0) is 4.79 Å². The molecule has 1 amide bonds. The van der Waals surface area contributed by atoms with Crippen LogP contribution in [0, 0.1) is 0 Å². The Morgan fingerprint density at radius 2 is 1.85 bits per heavy atom. The third-order valence-corrected chi connectivity index (χ3v) is 4.24. The molecule has 0 saturated heterocycles. The summed E-state index contributed by atoms with van der Waals surface area (Å²) < 4.78 is 15.9. The summed E-state index contributed by atoms with van der Waals surface area (Å²) in [6.07, 6.45) is 0.000204. The van der Waals surface area contributed by atoms with Gasteiger partial charge in [0.05, 0.1) is 32.0 Å². The van der Waals surface area contributed by atoms with Gasteiger partial charge in [-0.25, -0.2) is 0 Å². The molecule has 0 bridgehead atoms. The standard InChI is InChI=1S/C20H24ClNO5/c1-25-18-10-9-14(12-19(18)26-2)16(23)13-22-20(24)8-5-11-27-17-7-4-3-6-15(17)21/h3-4,6-7,9-10,12,16,23H,5,8,11,13H2,1-2H3,(H,22,24). The van der Waals surface area contributed by atoms with Crippen LogP contribution in [-0.4, -0.2) is 38.4 Å². The van der Waals surface area contributed by atoms with E-state index < -0.39 is 6.10 Å². The van der Waals surface area contributed by atoms with Crippen molar-refractivity contribution in [3.63, 3.8) is 0 Å². The Kier molecular flexibility index (Phi) is 8.23. The first-order valence-corrected chi connectivity index (χ1v) is 8.97. The second-order valence-electron chi connectivity index (χ2n) is 5.82. The zero-order valence-corrected chi connectivity index (χ0v) is 16.2. The molecule has 0 saturated carbocycles. The van der Waals surface area contributed by atoms with Gasteiger partial charge in [0.1, 0.15) is 5.75 Å². The Bertz CT molecular complexity index is 753. The first kappa shape index (κ1) is 20.9. The molecule has 7 heteroatoms. The van der Waals surface area contributed by atoms with Crippen molar-refractivity contribution < 1.29 is 24.1 Å². The van der Waals surface area contributed by atoms with Crippen LogP contribution in [0.3, 0.4) is 0 Å². The average molecular weight is 394 g/mol. The van der Waals surface area contributed by atoms with E-state index in [0.717, 1.165) is 0 Å². The molecule has 2 rings (SSSR count). The number of nitrogens with one attached hydrogen (secondary N) is 1. The molecule has 27 heavy (non-hydrogen) atoms. The predicted octanol–water partition coefficient (Wildman–Crippen LogP) is 3.37. The van der Waals surface area contributed by atoms with Crippen molar-refractivity contribution in [1.82, 2.24) is 5.32 Å². The monoisotopic (exact) mass is 393 g/mol. The largest absolute Gasteiger partial charge is 0.493 e. The van der Waals surface area contributed by atoms with E-state index in [1.54, 1.807) is 37.4 Å². The molecule has 0 aliphatic heterocycles. The maximum absolute atomic E-state index is 11.9. The molecule has 0 heterocycles. The zero-order chi connectivity index (χ0) is 19.6. The number of amides is 1. The number of methoxy groups -OCH3 is 2. The van der Waals surface area contributed by atoms with Crippen molar-refractivity contribution in [3.8, 4) is 17.2 Å². The topological polar surface area (TPSA) is 77.0 Å². The molecule has 2 aromatic rings. The van der Waals surface area contributed by atoms with Crippen molar-refractivity contribution in [3.05, 3.63) is 53.1 Å². The van der Waals surface area contributed by atoms with Crippen LogP contribution in [0.25, 0.3) is 0 Å². The molecule has 1 unspecified atom stereocenters. The Morgan fingerprint density at radius 3 is 2.56 bits per heavy atom. The van der Waals surface area contributed by atoms with E-state index >= 15 is 0 Å². The molecular formula is C20H24ClNO5. The van der Waals surface area contributed by atoms with Crippen LogP contribution < -0.4 is 19.5 Å². The summed E-state index contributed by atoms with van der Waals surface area (Å²) in [6, 6.07) is 12.3. The number of ether oxygens (including phenoxy) is 3. The van der Waals surface area contributed by atoms with Crippen molar-refractivity contribution in [2.75, 3.05) is 27.4 Å². The fourth-order valence-electron chi connectivity index (χ4n) is 2.45. The lowest BCUT2D eigenvalue weighted by Crippen LogP contribution is -2.28. The molecule has 0 spiro atoms. The zero-order valence-electron chi connectivity index (χ0n) is 15.4. The lowest BCUT2D eigenvalue weighted by atomic mass is 10.1. The Morgan fingerprint density at radius 1 is 1.11 bits per heavy atom. The lowest BCUT2D eigenvalue weighted by Gasteiger charge is -2.15. The SMILES string of the molecule is COc1ccc(C(O)CNC(=O)CCCOc2ccccc2Cl)cc1OC. The molecular weight excluding hydrogens is 370 g/mol. The number of rotatable bonds is 10. The molecule has 0 aromatic heterocycles. The van der Waals surface area contributed by atoms with Crippen LogP contribution >= 0.6 is 11.6 Å². The van der Waals surface area contributed by atoms with E-state index in [2.05, 4.69) is 5.32 Å². The quantitative estimate of drug-likeness (QED) is 0.605. The summed E-state index contributed by atoms with van der Waals surface area (Å²) in [5.74, 6) is 1.55. The number of benzene rings is 2. The van der Waals surface area contributed by atoms with Crippen molar-refractivity contribution in [1.29, 1.82) is 0 Å². The van der Waals surface area contributed by atoms with Crippen molar-refractivity contribution >= 4 is 17.5 Å². The number of carbonyl (C=O) groups excluding carboxylic acids is 1. The predicted molar refractivity (Wildman–Crippen MR) is 104 cm³/mol. The maximum Gasteiger partial charge on any atom is 0.220 e. The van der Waals surface area contributed by atoms with Gasteiger partial charge in [-0.05, 0) is 36.2 Å². The molecule has 0 radical (unpaired) electrons. The first-order valence-electron chi connectivity index (χ1n) is 8.59. The normalized spacial score (nSPS) is 11.6. The smallest absolute Gasteiger partial charge is 0.220 e. The number of hydrogen-bond acceptors (Lipinski definition) is 5. The van der Waals surface area contributed by atoms with Gasteiger partial charge in [-0.1, -0.05) is 29.8 Å². The minimum Gasteiger partial charge on any atom is -0.493 e. The van der Waals surface area contributed by atoms with Crippen LogP contribution in [0.1, 0.15) is 24.5 Å². The number of carbonyl (C=O) groups is 1. The second-order valence-corrected chi connectivity index (χ2v) is 6.22. The summed E-state index contributed by atoms with van der Waals surface area (Å²) >= 11 is 6.00. The summed E-state index contributed by atoms with van der Waals surface area (Å²) in [6.45, 7) is 0.495. The van der Waals surface area contributed by atoms with E-state index in [1.807, 2.05) is 12.1 Å². The number of aliphatic hydroxyl groups is 1. The fraction of sp³-hybridized carbons (Fsp3) is 0.350. The van der Waals surface area contributed by atoms with Gasteiger partial charge in [-0.15, -0.1) is 0 Å². The van der Waals surface area contributed by atoms with Crippen LogP contribution in [0.15, 0.2) is 42.5 Å². The number of aliphatic hydroxyl groups excluding tert-OH is 1. The van der Waals surface area contributed by atoms with Gasteiger partial charge in [-0.3, -0.25) is 4.79 Å². The van der Waals surface area contributed by atoms with E-state index in [0.29, 0.717) is 47.3 Å². The Balaban J connectivity index is 1.72. The number of halogens is 1. The second kappa shape index (κ2) is 10.6. The third-order valence-electron chi connectivity index (χ3n) is 3.93. The highest BCUT2D eigenvalue weighted by Gasteiger charge is 2.13. The molecule has 6 nitrogen and oxygen atoms in total. The fourth-order valence-corrected chi connectivity index (χ4v) is 2.64. The Hall–Kier alpha value is -2.44. The highest BCUT2D eigenvalue weighted by atomic mass is 35.5. The summed E-state index contributed by atoms with van der Waals surface area (Å²) in [5, 5.41) is 13.5. The van der Waals surface area contributed by atoms with Gasteiger partial charge in [0, 0.05) is 13.0 Å². The van der Waals surface area contributed by atoms with Gasteiger partial charge in [0.15, 0.2) is 11.5 Å². The van der Waals surface area contributed by atoms with Crippen LogP contribution in [0.4, 0.5) is 0 Å². The lowest BCUT2D eigenvalue weighted by molar-refractivity contribution is -0.121. The third kappa shape index (κ3) is 6.34. The van der Waals surface area contributed by atoms with Crippen LogP contribution in [0.2, 0.25) is 5.02 Å². The maximum atomic E-state index is 11.9. The van der Waals surface area contributed by atoms with Gasteiger partial charge < -0.3 is 24.6 Å². The molecule has 1 atom stereocenters. The van der Waals surface area contributed by atoms with Crippen molar-refractivity contribution in [2.24, 2.45) is 0 Å². The number of para-hydroxylation sites is 1. The van der Waals surface area contributed by atoms with Crippen molar-refractivity contribution in [2.45, 2.75) is 18.9 Å². The minimum absolute atomic E-state index is 0.111. The van der Waals surface area contributed by atoms with E-state index in [1.165, 1.54) is 7.11 Å². The van der Waals surface area contributed by atoms with Gasteiger partial charge in [0.25, 0.3) is 0 Å². The highest BCUT2D eigenvalue weighted by molar-refractivity contribution is 6.32. The minimum atomic E-state index is -0.840. The van der Waals surface area contributed by atoms with Gasteiger partial charge in [0.2, 0.25) is 5.91 Å². The highest BCUT2D eigenvalue weighted by Crippen LogP contribution is 2.29. The molecule has 2 aromatic carbocycles. The molecule has 0 aliphatic carbocycles. The van der Waals surface area contributed by atoms with Crippen LogP contribution in [0.5, 0.6) is 17.2 Å². The summed E-state index contributed by atoms with van der Waals surface area (Å²) in [4.78, 5) is 11.9. The summed E-state index contributed by atoms with van der Waals surface area (Å²) in [7, 11) is 3.07. The van der Waals surface area contributed by atoms with E-state index in [9.17, 15) is 9.90 Å². The van der Waals surface area contributed by atoms with E-state index in [4.69, 9.17) is 25.8 Å². The molecule has 2 N–H and O–H groups in total. The molecule has 0 fully saturated rings. The Labute approximate surface area is 164 Å². The van der Waals surface area contributed by atoms with E-state index in [-0.39, 0.29) is 12.5 Å². The van der Waals surface area contributed by atoms with Gasteiger partial charge in [-0.2, -0.15) is 0 Å². The summed E-state index contributed by atoms with van der Waals surface area (Å²) in [5.41, 5.74) is 0.634. The molecule has 0 aliphatic rings. The average Bonchev–Trinajstić information content (AvgIpc) is 2.70. The number of hydrogen-bond donors (Lipinski definition) is 2.